The van der Waals surface area contributed by atoms with Gasteiger partial charge in [-0.2, -0.15) is 0 Å². The molecule has 0 aliphatic rings. The number of aliphatic hydroxyl groups is 1. The van der Waals surface area contributed by atoms with Crippen molar-refractivity contribution < 1.29 is 9.52 Å². The number of furan rings is 1. The van der Waals surface area contributed by atoms with Crippen LogP contribution in [0.5, 0.6) is 0 Å². The Labute approximate surface area is 102 Å². The van der Waals surface area contributed by atoms with Gasteiger partial charge in [-0.15, -0.1) is 0 Å². The van der Waals surface area contributed by atoms with E-state index >= 15 is 0 Å². The van der Waals surface area contributed by atoms with E-state index in [0.717, 1.165) is 18.4 Å². The predicted molar refractivity (Wildman–Crippen MR) is 67.9 cm³/mol. The molecule has 2 aromatic rings. The summed E-state index contributed by atoms with van der Waals surface area (Å²) in [6, 6.07) is 9.69. The summed E-state index contributed by atoms with van der Waals surface area (Å²) in [7, 11) is 0. The monoisotopic (exact) mass is 230 g/mol. The van der Waals surface area contributed by atoms with Crippen LogP contribution < -0.4 is 0 Å². The topological polar surface area (TPSA) is 33.4 Å². The van der Waals surface area contributed by atoms with Crippen molar-refractivity contribution in [1.29, 1.82) is 0 Å². The third-order valence-corrected chi connectivity index (χ3v) is 3.01. The lowest BCUT2D eigenvalue weighted by molar-refractivity contribution is 0.189. The highest BCUT2D eigenvalue weighted by Gasteiger charge is 2.13. The highest BCUT2D eigenvalue weighted by molar-refractivity contribution is 5.34. The number of hydrogen-bond acceptors (Lipinski definition) is 2. The SMILES string of the molecule is CCCc1ccc(C(O)c2ccco2)cc1C. The molecular formula is C15H18O2. The van der Waals surface area contributed by atoms with E-state index in [9.17, 15) is 5.11 Å². The van der Waals surface area contributed by atoms with Gasteiger partial charge < -0.3 is 9.52 Å². The average Bonchev–Trinajstić information content (AvgIpc) is 2.84. The van der Waals surface area contributed by atoms with Gasteiger partial charge in [0.25, 0.3) is 0 Å². The molecule has 0 fully saturated rings. The molecule has 0 radical (unpaired) electrons. The molecule has 2 heteroatoms. The molecule has 0 amide bonds. The Morgan fingerprint density at radius 3 is 2.71 bits per heavy atom. The molecule has 0 saturated heterocycles. The van der Waals surface area contributed by atoms with Crippen molar-refractivity contribution in [3.8, 4) is 0 Å². The van der Waals surface area contributed by atoms with Crippen LogP contribution in [0, 0.1) is 6.92 Å². The second-order valence-electron chi connectivity index (χ2n) is 4.35. The number of hydrogen-bond donors (Lipinski definition) is 1. The van der Waals surface area contributed by atoms with Gasteiger partial charge in [-0.1, -0.05) is 31.5 Å². The minimum atomic E-state index is -0.667. The Bertz CT molecular complexity index is 472. The predicted octanol–water partition coefficient (Wildman–Crippen LogP) is 3.62. The van der Waals surface area contributed by atoms with Crippen LogP contribution in [0.4, 0.5) is 0 Å². The Morgan fingerprint density at radius 2 is 2.12 bits per heavy atom. The number of aryl methyl sites for hydroxylation is 2. The van der Waals surface area contributed by atoms with Gasteiger partial charge in [0, 0.05) is 0 Å². The normalized spacial score (nSPS) is 12.6. The second kappa shape index (κ2) is 5.19. The number of rotatable bonds is 4. The van der Waals surface area contributed by atoms with Crippen LogP contribution >= 0.6 is 0 Å². The first-order chi connectivity index (χ1) is 8.22. The van der Waals surface area contributed by atoms with Crippen molar-refractivity contribution in [3.05, 3.63) is 59.0 Å². The molecule has 2 rings (SSSR count). The van der Waals surface area contributed by atoms with Gasteiger partial charge in [0.05, 0.1) is 6.26 Å². The fourth-order valence-electron chi connectivity index (χ4n) is 2.05. The molecule has 90 valence electrons. The highest BCUT2D eigenvalue weighted by atomic mass is 16.4. The molecule has 0 aliphatic carbocycles. The summed E-state index contributed by atoms with van der Waals surface area (Å²) in [5.74, 6) is 0.590. The van der Waals surface area contributed by atoms with Crippen LogP contribution in [0.25, 0.3) is 0 Å². The molecule has 0 bridgehead atoms. The minimum absolute atomic E-state index is 0.590. The molecular weight excluding hydrogens is 212 g/mol. The fraction of sp³-hybridized carbons (Fsp3) is 0.333. The van der Waals surface area contributed by atoms with Crippen LogP contribution in [0.15, 0.2) is 41.0 Å². The van der Waals surface area contributed by atoms with Crippen molar-refractivity contribution in [3.63, 3.8) is 0 Å². The van der Waals surface area contributed by atoms with Gasteiger partial charge in [-0.05, 0) is 42.2 Å². The third-order valence-electron chi connectivity index (χ3n) is 3.01. The molecule has 0 aliphatic heterocycles. The molecule has 0 saturated carbocycles. The summed E-state index contributed by atoms with van der Waals surface area (Å²) in [5.41, 5.74) is 3.47. The Morgan fingerprint density at radius 1 is 1.29 bits per heavy atom. The molecule has 1 heterocycles. The summed E-state index contributed by atoms with van der Waals surface area (Å²) in [5, 5.41) is 10.1. The van der Waals surface area contributed by atoms with Gasteiger partial charge >= 0.3 is 0 Å². The van der Waals surface area contributed by atoms with E-state index in [2.05, 4.69) is 19.9 Å². The lowest BCUT2D eigenvalue weighted by Crippen LogP contribution is -2.00. The van der Waals surface area contributed by atoms with Gasteiger partial charge in [0.1, 0.15) is 11.9 Å². The van der Waals surface area contributed by atoms with Gasteiger partial charge in [0.15, 0.2) is 0 Å². The lowest BCUT2D eigenvalue weighted by Gasteiger charge is -2.11. The standard InChI is InChI=1S/C15H18O2/c1-3-5-12-7-8-13(10-11(12)2)15(16)14-6-4-9-17-14/h4,6-10,15-16H,3,5H2,1-2H3. The molecule has 0 spiro atoms. The van der Waals surface area contributed by atoms with Crippen LogP contribution in [0.3, 0.4) is 0 Å². The van der Waals surface area contributed by atoms with E-state index in [4.69, 9.17) is 4.42 Å². The summed E-state index contributed by atoms with van der Waals surface area (Å²) in [6.07, 6.45) is 3.14. The van der Waals surface area contributed by atoms with Crippen molar-refractivity contribution in [1.82, 2.24) is 0 Å². The van der Waals surface area contributed by atoms with E-state index in [-0.39, 0.29) is 0 Å². The van der Waals surface area contributed by atoms with Crippen LogP contribution in [-0.2, 0) is 6.42 Å². The molecule has 1 unspecified atom stereocenters. The molecule has 1 aromatic carbocycles. The smallest absolute Gasteiger partial charge is 0.137 e. The summed E-state index contributed by atoms with van der Waals surface area (Å²) in [6.45, 7) is 4.26. The molecule has 2 nitrogen and oxygen atoms in total. The van der Waals surface area contributed by atoms with Crippen molar-refractivity contribution in [2.24, 2.45) is 0 Å². The van der Waals surface area contributed by atoms with Crippen LogP contribution in [-0.4, -0.2) is 5.11 Å². The van der Waals surface area contributed by atoms with Crippen molar-refractivity contribution in [2.45, 2.75) is 32.8 Å². The third kappa shape index (κ3) is 2.59. The van der Waals surface area contributed by atoms with E-state index in [1.807, 2.05) is 12.1 Å². The first-order valence-electron chi connectivity index (χ1n) is 6.03. The maximum absolute atomic E-state index is 10.1. The molecule has 17 heavy (non-hydrogen) atoms. The quantitative estimate of drug-likeness (QED) is 0.870. The maximum atomic E-state index is 10.1. The summed E-state index contributed by atoms with van der Waals surface area (Å²) in [4.78, 5) is 0. The Balaban J connectivity index is 2.25. The average molecular weight is 230 g/mol. The fourth-order valence-corrected chi connectivity index (χ4v) is 2.05. The van der Waals surface area contributed by atoms with Gasteiger partial charge in [-0.3, -0.25) is 0 Å². The minimum Gasteiger partial charge on any atom is -0.466 e. The zero-order chi connectivity index (χ0) is 12.3. The Kier molecular flexibility index (Phi) is 3.64. The van der Waals surface area contributed by atoms with E-state index in [0.29, 0.717) is 5.76 Å². The molecule has 1 aromatic heterocycles. The maximum Gasteiger partial charge on any atom is 0.137 e. The van der Waals surface area contributed by atoms with Crippen molar-refractivity contribution in [2.75, 3.05) is 0 Å². The van der Waals surface area contributed by atoms with E-state index < -0.39 is 6.10 Å². The Hall–Kier alpha value is -1.54. The highest BCUT2D eigenvalue weighted by Crippen LogP contribution is 2.24. The zero-order valence-electron chi connectivity index (χ0n) is 10.3. The molecule has 1 atom stereocenters. The number of aliphatic hydroxyl groups excluding tert-OH is 1. The van der Waals surface area contributed by atoms with E-state index in [1.165, 1.54) is 11.1 Å². The van der Waals surface area contributed by atoms with Gasteiger partial charge in [0.2, 0.25) is 0 Å². The zero-order valence-corrected chi connectivity index (χ0v) is 10.3. The first-order valence-corrected chi connectivity index (χ1v) is 6.03. The lowest BCUT2D eigenvalue weighted by atomic mass is 9.98. The van der Waals surface area contributed by atoms with Crippen LogP contribution in [0.1, 0.15) is 41.9 Å². The van der Waals surface area contributed by atoms with Crippen molar-refractivity contribution >= 4 is 0 Å². The van der Waals surface area contributed by atoms with Gasteiger partial charge in [-0.25, -0.2) is 0 Å². The molecule has 1 N–H and O–H groups in total. The summed E-state index contributed by atoms with van der Waals surface area (Å²) < 4.78 is 5.22. The van der Waals surface area contributed by atoms with Crippen LogP contribution in [0.2, 0.25) is 0 Å². The largest absolute Gasteiger partial charge is 0.466 e. The second-order valence-corrected chi connectivity index (χ2v) is 4.35. The first kappa shape index (κ1) is 11.9. The van der Waals surface area contributed by atoms with E-state index in [1.54, 1.807) is 18.4 Å². The number of benzene rings is 1. The summed E-state index contributed by atoms with van der Waals surface area (Å²) >= 11 is 0.